The SMILES string of the molecule is CCCCCCCCCC/C=C\CCCCCCCCCCCCCCCCCCCCCC(=O)OCC(COC(=O)CCCCCCC)OC(=O)CCCCCCCCCCCCCCC/C=C\CCCCCCCCCC. The molecule has 0 fully saturated rings. The summed E-state index contributed by atoms with van der Waals surface area (Å²) in [6, 6.07) is 0. The number of esters is 3. The van der Waals surface area contributed by atoms with Crippen molar-refractivity contribution < 1.29 is 28.6 Å². The molecule has 0 spiro atoms. The van der Waals surface area contributed by atoms with Crippen LogP contribution in [-0.4, -0.2) is 37.2 Å². The number of hydrogen-bond acceptors (Lipinski definition) is 6. The maximum absolute atomic E-state index is 12.9. The monoisotopic (exact) mass is 1110 g/mol. The number of ether oxygens (including phenoxy) is 3. The summed E-state index contributed by atoms with van der Waals surface area (Å²) in [4.78, 5) is 38.0. The van der Waals surface area contributed by atoms with E-state index in [2.05, 4.69) is 45.1 Å². The molecule has 0 radical (unpaired) electrons. The Balaban J connectivity index is 3.90. The summed E-state index contributed by atoms with van der Waals surface area (Å²) in [6.07, 6.45) is 84.2. The van der Waals surface area contributed by atoms with Gasteiger partial charge in [0.25, 0.3) is 0 Å². The zero-order chi connectivity index (χ0) is 57.1. The van der Waals surface area contributed by atoms with Gasteiger partial charge in [-0.1, -0.05) is 340 Å². The third kappa shape index (κ3) is 66.6. The van der Waals surface area contributed by atoms with E-state index in [1.54, 1.807) is 0 Å². The molecule has 0 aromatic rings. The number of allylic oxidation sites excluding steroid dienone is 4. The molecule has 466 valence electrons. The Bertz CT molecular complexity index is 1270. The van der Waals surface area contributed by atoms with E-state index in [0.29, 0.717) is 19.3 Å². The van der Waals surface area contributed by atoms with Crippen LogP contribution in [0.4, 0.5) is 0 Å². The zero-order valence-electron chi connectivity index (χ0n) is 53.7. The minimum atomic E-state index is -0.765. The third-order valence-corrected chi connectivity index (χ3v) is 16.4. The zero-order valence-corrected chi connectivity index (χ0v) is 53.7. The van der Waals surface area contributed by atoms with Crippen LogP contribution in [0.25, 0.3) is 0 Å². The predicted octanol–water partition coefficient (Wildman–Crippen LogP) is 24.6. The van der Waals surface area contributed by atoms with Crippen molar-refractivity contribution in [3.05, 3.63) is 24.3 Å². The molecule has 0 N–H and O–H groups in total. The maximum atomic E-state index is 12.9. The van der Waals surface area contributed by atoms with Crippen LogP contribution in [0.3, 0.4) is 0 Å². The number of carbonyl (C=O) groups is 3. The van der Waals surface area contributed by atoms with Gasteiger partial charge in [-0.25, -0.2) is 0 Å². The lowest BCUT2D eigenvalue weighted by atomic mass is 10.0. The van der Waals surface area contributed by atoms with Crippen molar-refractivity contribution in [1.29, 1.82) is 0 Å². The second kappa shape index (κ2) is 68.4. The second-order valence-electron chi connectivity index (χ2n) is 24.5. The molecule has 0 rings (SSSR count). The maximum Gasteiger partial charge on any atom is 0.306 e. The molecule has 1 atom stereocenters. The molecule has 0 saturated carbocycles. The van der Waals surface area contributed by atoms with E-state index < -0.39 is 6.10 Å². The summed E-state index contributed by atoms with van der Waals surface area (Å²) in [5.41, 5.74) is 0. The quantitative estimate of drug-likeness (QED) is 0.0261. The summed E-state index contributed by atoms with van der Waals surface area (Å²) >= 11 is 0. The number of rotatable bonds is 67. The summed E-state index contributed by atoms with van der Waals surface area (Å²) in [5, 5.41) is 0. The average Bonchev–Trinajstić information content (AvgIpc) is 3.45. The summed E-state index contributed by atoms with van der Waals surface area (Å²) in [5.74, 6) is -0.853. The van der Waals surface area contributed by atoms with Crippen LogP contribution in [0, 0.1) is 0 Å². The highest BCUT2D eigenvalue weighted by atomic mass is 16.6. The first-order valence-electron chi connectivity index (χ1n) is 35.8. The van der Waals surface area contributed by atoms with Crippen LogP contribution in [0.2, 0.25) is 0 Å². The fraction of sp³-hybridized carbons (Fsp3) is 0.904. The number of unbranched alkanes of at least 4 members (excludes halogenated alkanes) is 52. The Kier molecular flexibility index (Phi) is 66.6. The highest BCUT2D eigenvalue weighted by Gasteiger charge is 2.19. The van der Waals surface area contributed by atoms with Crippen molar-refractivity contribution in [3.8, 4) is 0 Å². The van der Waals surface area contributed by atoms with Gasteiger partial charge in [0.1, 0.15) is 13.2 Å². The third-order valence-electron chi connectivity index (χ3n) is 16.4. The van der Waals surface area contributed by atoms with Gasteiger partial charge in [0.05, 0.1) is 0 Å². The molecule has 0 aliphatic heterocycles. The Morgan fingerprint density at radius 3 is 0.633 bits per heavy atom. The first kappa shape index (κ1) is 76.9. The number of hydrogen-bond donors (Lipinski definition) is 0. The van der Waals surface area contributed by atoms with Gasteiger partial charge < -0.3 is 14.2 Å². The molecule has 6 heteroatoms. The molecule has 0 heterocycles. The lowest BCUT2D eigenvalue weighted by Crippen LogP contribution is -2.30. The molecule has 6 nitrogen and oxygen atoms in total. The van der Waals surface area contributed by atoms with Crippen molar-refractivity contribution in [2.75, 3.05) is 13.2 Å². The summed E-state index contributed by atoms with van der Waals surface area (Å²) < 4.78 is 16.8. The van der Waals surface area contributed by atoms with Gasteiger partial charge in [-0.2, -0.15) is 0 Å². The summed E-state index contributed by atoms with van der Waals surface area (Å²) in [7, 11) is 0. The van der Waals surface area contributed by atoms with Crippen LogP contribution < -0.4 is 0 Å². The van der Waals surface area contributed by atoms with E-state index in [0.717, 1.165) is 64.2 Å². The molecule has 1 unspecified atom stereocenters. The van der Waals surface area contributed by atoms with Crippen molar-refractivity contribution in [1.82, 2.24) is 0 Å². The van der Waals surface area contributed by atoms with Crippen LogP contribution in [-0.2, 0) is 28.6 Å². The molecule has 0 aromatic carbocycles. The van der Waals surface area contributed by atoms with Crippen LogP contribution in [0.1, 0.15) is 406 Å². The molecular formula is C73H138O6. The fourth-order valence-electron chi connectivity index (χ4n) is 11.0. The number of carbonyl (C=O) groups excluding carboxylic acids is 3. The Hall–Kier alpha value is -2.11. The fourth-order valence-corrected chi connectivity index (χ4v) is 11.0. The van der Waals surface area contributed by atoms with E-state index >= 15 is 0 Å². The van der Waals surface area contributed by atoms with Gasteiger partial charge in [0.15, 0.2) is 6.10 Å². The molecular weight excluding hydrogens is 973 g/mol. The van der Waals surface area contributed by atoms with E-state index in [9.17, 15) is 14.4 Å². The van der Waals surface area contributed by atoms with Gasteiger partial charge in [0.2, 0.25) is 0 Å². The Labute approximate surface area is 493 Å². The minimum absolute atomic E-state index is 0.0660. The second-order valence-corrected chi connectivity index (χ2v) is 24.5. The average molecular weight is 1110 g/mol. The van der Waals surface area contributed by atoms with Gasteiger partial charge in [0, 0.05) is 19.3 Å². The normalized spacial score (nSPS) is 12.1. The van der Waals surface area contributed by atoms with Crippen LogP contribution in [0.15, 0.2) is 24.3 Å². The van der Waals surface area contributed by atoms with Gasteiger partial charge in [-0.15, -0.1) is 0 Å². The summed E-state index contributed by atoms with van der Waals surface area (Å²) in [6.45, 7) is 6.63. The topological polar surface area (TPSA) is 78.9 Å². The van der Waals surface area contributed by atoms with Crippen LogP contribution in [0.5, 0.6) is 0 Å². The largest absolute Gasteiger partial charge is 0.462 e. The van der Waals surface area contributed by atoms with E-state index in [1.165, 1.54) is 302 Å². The molecule has 79 heavy (non-hydrogen) atoms. The highest BCUT2D eigenvalue weighted by Crippen LogP contribution is 2.19. The molecule has 0 aliphatic rings. The lowest BCUT2D eigenvalue weighted by Gasteiger charge is -2.18. The van der Waals surface area contributed by atoms with E-state index in [1.807, 2.05) is 0 Å². The van der Waals surface area contributed by atoms with Gasteiger partial charge in [-0.3, -0.25) is 14.4 Å². The highest BCUT2D eigenvalue weighted by molar-refractivity contribution is 5.71. The molecule has 0 aromatic heterocycles. The molecule has 0 bridgehead atoms. The first-order chi connectivity index (χ1) is 39.0. The minimum Gasteiger partial charge on any atom is -0.462 e. The predicted molar refractivity (Wildman–Crippen MR) is 344 cm³/mol. The van der Waals surface area contributed by atoms with E-state index in [4.69, 9.17) is 14.2 Å². The van der Waals surface area contributed by atoms with Crippen molar-refractivity contribution in [2.24, 2.45) is 0 Å². The van der Waals surface area contributed by atoms with Gasteiger partial charge >= 0.3 is 17.9 Å². The van der Waals surface area contributed by atoms with E-state index in [-0.39, 0.29) is 31.1 Å². The van der Waals surface area contributed by atoms with Crippen LogP contribution >= 0.6 is 0 Å². The first-order valence-corrected chi connectivity index (χ1v) is 35.8. The Morgan fingerprint density at radius 2 is 0.418 bits per heavy atom. The standard InChI is InChI=1S/C73H138O6/c1-4-7-10-13-15-17-19-21-23-25-27-29-31-33-34-35-36-37-38-40-41-43-45-47-49-51-53-55-57-60-63-66-72(75)78-69-70(68-77-71(74)65-62-59-12-9-6-3)79-73(76)67-64-61-58-56-54-52-50-48-46-44-42-39-32-30-28-26-24-22-20-18-16-14-11-8-5-2/h25-28,70H,4-24,29-69H2,1-3H3/b27-25-,28-26-. The Morgan fingerprint density at radius 1 is 0.241 bits per heavy atom. The molecule has 0 saturated heterocycles. The smallest absolute Gasteiger partial charge is 0.306 e. The van der Waals surface area contributed by atoms with Gasteiger partial charge in [-0.05, 0) is 70.6 Å². The molecule has 0 amide bonds. The lowest BCUT2D eigenvalue weighted by molar-refractivity contribution is -0.167. The molecule has 0 aliphatic carbocycles. The van der Waals surface area contributed by atoms with Crippen molar-refractivity contribution in [3.63, 3.8) is 0 Å². The van der Waals surface area contributed by atoms with Crippen molar-refractivity contribution >= 4 is 17.9 Å². The van der Waals surface area contributed by atoms with Crippen molar-refractivity contribution in [2.45, 2.75) is 412 Å².